The molecule has 96 valence electrons. The summed E-state index contributed by atoms with van der Waals surface area (Å²) in [5, 5.41) is 14.2. The lowest BCUT2D eigenvalue weighted by Gasteiger charge is -2.09. The summed E-state index contributed by atoms with van der Waals surface area (Å²) in [6, 6.07) is 3.65. The summed E-state index contributed by atoms with van der Waals surface area (Å²) in [6.07, 6.45) is 2.33. The standard InChI is InChI=1S/C12H13ClN2O3/c1-2-3-6-14-12(18)15-10-7-8(11(16)17)4-5-9(10)13/h2,4-5,7H,1,3,6H2,(H,16,17)(H2,14,15,18). The molecule has 0 unspecified atom stereocenters. The highest BCUT2D eigenvalue weighted by Crippen LogP contribution is 2.22. The van der Waals surface area contributed by atoms with E-state index in [4.69, 9.17) is 16.7 Å². The summed E-state index contributed by atoms with van der Waals surface area (Å²) in [5.74, 6) is -1.08. The predicted molar refractivity (Wildman–Crippen MR) is 70.2 cm³/mol. The molecule has 0 aliphatic carbocycles. The molecule has 18 heavy (non-hydrogen) atoms. The van der Waals surface area contributed by atoms with Gasteiger partial charge in [-0.2, -0.15) is 0 Å². The molecule has 0 aromatic heterocycles. The number of benzene rings is 1. The minimum Gasteiger partial charge on any atom is -0.478 e. The zero-order valence-corrected chi connectivity index (χ0v) is 10.3. The molecule has 1 rings (SSSR count). The first-order valence-electron chi connectivity index (χ1n) is 5.23. The number of amides is 2. The molecule has 0 atom stereocenters. The number of nitrogens with one attached hydrogen (secondary N) is 2. The highest BCUT2D eigenvalue weighted by atomic mass is 35.5. The number of anilines is 1. The van der Waals surface area contributed by atoms with Crippen LogP contribution in [0.4, 0.5) is 10.5 Å². The van der Waals surface area contributed by atoms with E-state index in [2.05, 4.69) is 17.2 Å². The van der Waals surface area contributed by atoms with Gasteiger partial charge in [-0.15, -0.1) is 6.58 Å². The summed E-state index contributed by atoms with van der Waals surface area (Å²) in [7, 11) is 0. The normalized spacial score (nSPS) is 9.61. The number of urea groups is 1. The Morgan fingerprint density at radius 2 is 2.17 bits per heavy atom. The average molecular weight is 269 g/mol. The van der Waals surface area contributed by atoms with Crippen LogP contribution in [0, 0.1) is 0 Å². The topological polar surface area (TPSA) is 78.4 Å². The minimum absolute atomic E-state index is 0.0563. The molecular formula is C12H13ClN2O3. The van der Waals surface area contributed by atoms with E-state index in [0.29, 0.717) is 13.0 Å². The third-order valence-electron chi connectivity index (χ3n) is 2.10. The van der Waals surface area contributed by atoms with Crippen molar-refractivity contribution in [3.05, 3.63) is 41.4 Å². The van der Waals surface area contributed by atoms with E-state index in [0.717, 1.165) is 0 Å². The van der Waals surface area contributed by atoms with Crippen LogP contribution in [0.3, 0.4) is 0 Å². The molecule has 5 nitrogen and oxygen atoms in total. The first-order valence-corrected chi connectivity index (χ1v) is 5.61. The first kappa shape index (κ1) is 14.1. The van der Waals surface area contributed by atoms with Gasteiger partial charge in [-0.05, 0) is 24.6 Å². The second-order valence-corrected chi connectivity index (χ2v) is 3.87. The van der Waals surface area contributed by atoms with Crippen LogP contribution in [-0.4, -0.2) is 23.7 Å². The fourth-order valence-electron chi connectivity index (χ4n) is 1.21. The largest absolute Gasteiger partial charge is 0.478 e. The van der Waals surface area contributed by atoms with Gasteiger partial charge in [0.15, 0.2) is 0 Å². The van der Waals surface area contributed by atoms with Gasteiger partial charge in [-0.25, -0.2) is 9.59 Å². The molecular weight excluding hydrogens is 256 g/mol. The molecule has 1 aromatic carbocycles. The van der Waals surface area contributed by atoms with E-state index in [-0.39, 0.29) is 16.3 Å². The van der Waals surface area contributed by atoms with Gasteiger partial charge in [-0.1, -0.05) is 17.7 Å². The van der Waals surface area contributed by atoms with E-state index in [1.807, 2.05) is 0 Å². The van der Waals surface area contributed by atoms with Crippen molar-refractivity contribution in [3.8, 4) is 0 Å². The van der Waals surface area contributed by atoms with E-state index in [1.165, 1.54) is 18.2 Å². The van der Waals surface area contributed by atoms with Crippen molar-refractivity contribution in [2.24, 2.45) is 0 Å². The third kappa shape index (κ3) is 4.10. The number of carboxylic acids is 1. The number of carbonyl (C=O) groups is 2. The van der Waals surface area contributed by atoms with Crippen LogP contribution in [0.15, 0.2) is 30.9 Å². The lowest BCUT2D eigenvalue weighted by atomic mass is 10.2. The number of rotatable bonds is 5. The Bertz CT molecular complexity index is 474. The van der Waals surface area contributed by atoms with Crippen LogP contribution in [0.2, 0.25) is 5.02 Å². The molecule has 1 aromatic rings. The molecule has 0 saturated carbocycles. The smallest absolute Gasteiger partial charge is 0.335 e. The third-order valence-corrected chi connectivity index (χ3v) is 2.43. The molecule has 3 N–H and O–H groups in total. The minimum atomic E-state index is -1.08. The summed E-state index contributed by atoms with van der Waals surface area (Å²) in [5.41, 5.74) is 0.313. The quantitative estimate of drug-likeness (QED) is 0.567. The Morgan fingerprint density at radius 1 is 1.44 bits per heavy atom. The van der Waals surface area contributed by atoms with Crippen molar-refractivity contribution < 1.29 is 14.7 Å². The molecule has 0 aliphatic rings. The molecule has 0 fully saturated rings. The fraction of sp³-hybridized carbons (Fsp3) is 0.167. The number of aromatic carboxylic acids is 1. The number of halogens is 1. The van der Waals surface area contributed by atoms with Gasteiger partial charge in [0, 0.05) is 6.54 Å². The molecule has 0 spiro atoms. The molecule has 0 heterocycles. The van der Waals surface area contributed by atoms with Crippen LogP contribution < -0.4 is 10.6 Å². The monoisotopic (exact) mass is 268 g/mol. The number of hydrogen-bond donors (Lipinski definition) is 3. The van der Waals surface area contributed by atoms with Crippen molar-refractivity contribution in [1.29, 1.82) is 0 Å². The van der Waals surface area contributed by atoms with Crippen molar-refractivity contribution in [2.45, 2.75) is 6.42 Å². The van der Waals surface area contributed by atoms with Crippen LogP contribution in [0.25, 0.3) is 0 Å². The maximum absolute atomic E-state index is 11.5. The Balaban J connectivity index is 2.71. The van der Waals surface area contributed by atoms with Gasteiger partial charge in [0.2, 0.25) is 0 Å². The summed E-state index contributed by atoms with van der Waals surface area (Å²) >= 11 is 5.85. The molecule has 6 heteroatoms. The molecule has 0 bridgehead atoms. The van der Waals surface area contributed by atoms with Crippen LogP contribution >= 0.6 is 11.6 Å². The molecule has 0 radical (unpaired) electrons. The number of carboxylic acid groups (broad SMARTS) is 1. The maximum Gasteiger partial charge on any atom is 0.335 e. The van der Waals surface area contributed by atoms with Gasteiger partial charge in [0.05, 0.1) is 16.3 Å². The number of carbonyl (C=O) groups excluding carboxylic acids is 1. The van der Waals surface area contributed by atoms with Gasteiger partial charge in [-0.3, -0.25) is 0 Å². The van der Waals surface area contributed by atoms with Gasteiger partial charge < -0.3 is 15.7 Å². The highest BCUT2D eigenvalue weighted by Gasteiger charge is 2.09. The number of hydrogen-bond acceptors (Lipinski definition) is 2. The molecule has 0 saturated heterocycles. The Morgan fingerprint density at radius 3 is 2.78 bits per heavy atom. The van der Waals surface area contributed by atoms with Crippen LogP contribution in [0.5, 0.6) is 0 Å². The lowest BCUT2D eigenvalue weighted by Crippen LogP contribution is -2.29. The van der Waals surface area contributed by atoms with Crippen molar-refractivity contribution in [3.63, 3.8) is 0 Å². The molecule has 0 aliphatic heterocycles. The SMILES string of the molecule is C=CCCNC(=O)Nc1cc(C(=O)O)ccc1Cl. The van der Waals surface area contributed by atoms with Crippen molar-refractivity contribution in [1.82, 2.24) is 5.32 Å². The van der Waals surface area contributed by atoms with Gasteiger partial charge in [0.1, 0.15) is 0 Å². The van der Waals surface area contributed by atoms with E-state index in [9.17, 15) is 9.59 Å². The maximum atomic E-state index is 11.5. The van der Waals surface area contributed by atoms with Gasteiger partial charge in [0.25, 0.3) is 0 Å². The van der Waals surface area contributed by atoms with Crippen molar-refractivity contribution >= 4 is 29.3 Å². The predicted octanol–water partition coefficient (Wildman–Crippen LogP) is 2.74. The second-order valence-electron chi connectivity index (χ2n) is 3.46. The Labute approximate surface area is 109 Å². The van der Waals surface area contributed by atoms with Crippen molar-refractivity contribution in [2.75, 3.05) is 11.9 Å². The average Bonchev–Trinajstić information content (AvgIpc) is 2.32. The highest BCUT2D eigenvalue weighted by molar-refractivity contribution is 6.33. The first-order chi connectivity index (χ1) is 8.54. The fourth-order valence-corrected chi connectivity index (χ4v) is 1.37. The van der Waals surface area contributed by atoms with E-state index >= 15 is 0 Å². The van der Waals surface area contributed by atoms with E-state index in [1.54, 1.807) is 6.08 Å². The summed E-state index contributed by atoms with van der Waals surface area (Å²) in [4.78, 5) is 22.2. The molecule has 2 amide bonds. The summed E-state index contributed by atoms with van der Waals surface area (Å²) < 4.78 is 0. The lowest BCUT2D eigenvalue weighted by molar-refractivity contribution is 0.0697. The second kappa shape index (κ2) is 6.66. The zero-order valence-electron chi connectivity index (χ0n) is 9.57. The Kier molecular flexibility index (Phi) is 5.20. The van der Waals surface area contributed by atoms with Crippen LogP contribution in [0.1, 0.15) is 16.8 Å². The van der Waals surface area contributed by atoms with Gasteiger partial charge >= 0.3 is 12.0 Å². The summed E-state index contributed by atoms with van der Waals surface area (Å²) in [6.45, 7) is 3.98. The Hall–Kier alpha value is -2.01. The van der Waals surface area contributed by atoms with E-state index < -0.39 is 12.0 Å². The van der Waals surface area contributed by atoms with Crippen LogP contribution in [-0.2, 0) is 0 Å². The zero-order chi connectivity index (χ0) is 13.5.